The minimum Gasteiger partial charge on any atom is -0.481 e. The van der Waals surface area contributed by atoms with E-state index in [2.05, 4.69) is 30.4 Å². The van der Waals surface area contributed by atoms with Gasteiger partial charge in [0.2, 0.25) is 0 Å². The number of nitrogens with one attached hydrogen (secondary N) is 1. The number of carboxylic acids is 1. The number of carboxylic acid groups (broad SMARTS) is 1. The molecule has 2 aliphatic rings. The monoisotopic (exact) mass is 259 g/mol. The normalized spacial score (nSPS) is 24.4. The van der Waals surface area contributed by atoms with Crippen molar-refractivity contribution in [3.05, 3.63) is 34.9 Å². The maximum absolute atomic E-state index is 11.1. The second kappa shape index (κ2) is 4.64. The summed E-state index contributed by atoms with van der Waals surface area (Å²) < 4.78 is 0. The molecule has 1 aliphatic heterocycles. The van der Waals surface area contributed by atoms with Gasteiger partial charge in [-0.3, -0.25) is 4.79 Å². The van der Waals surface area contributed by atoms with Crippen LogP contribution in [0.15, 0.2) is 18.2 Å². The second-order valence-electron chi connectivity index (χ2n) is 6.07. The van der Waals surface area contributed by atoms with E-state index in [9.17, 15) is 4.79 Å². The van der Waals surface area contributed by atoms with Gasteiger partial charge in [-0.05, 0) is 67.3 Å². The summed E-state index contributed by atoms with van der Waals surface area (Å²) >= 11 is 0. The lowest BCUT2D eigenvalue weighted by molar-refractivity contribution is -0.137. The molecule has 0 aromatic heterocycles. The molecule has 1 aromatic carbocycles. The Morgan fingerprint density at radius 2 is 2.16 bits per heavy atom. The van der Waals surface area contributed by atoms with E-state index < -0.39 is 5.97 Å². The van der Waals surface area contributed by atoms with Gasteiger partial charge in [-0.1, -0.05) is 18.2 Å². The first-order valence-electron chi connectivity index (χ1n) is 7.15. The lowest BCUT2D eigenvalue weighted by Gasteiger charge is -2.35. The zero-order chi connectivity index (χ0) is 13.5. The Morgan fingerprint density at radius 3 is 2.84 bits per heavy atom. The van der Waals surface area contributed by atoms with Crippen molar-refractivity contribution < 1.29 is 9.90 Å². The van der Waals surface area contributed by atoms with Crippen molar-refractivity contribution in [3.63, 3.8) is 0 Å². The fourth-order valence-electron chi connectivity index (χ4n) is 4.13. The number of rotatable bonds is 2. The number of hydrogen-bond acceptors (Lipinski definition) is 2. The van der Waals surface area contributed by atoms with Crippen molar-refractivity contribution in [2.75, 3.05) is 13.1 Å². The first-order valence-corrected chi connectivity index (χ1v) is 7.15. The smallest absolute Gasteiger partial charge is 0.303 e. The lowest BCUT2D eigenvalue weighted by Crippen LogP contribution is -2.38. The second-order valence-corrected chi connectivity index (χ2v) is 6.07. The number of aryl methyl sites for hydroxylation is 1. The number of piperidine rings is 1. The fraction of sp³-hybridized carbons (Fsp3) is 0.562. The van der Waals surface area contributed by atoms with Crippen molar-refractivity contribution in [2.45, 2.75) is 43.9 Å². The van der Waals surface area contributed by atoms with Gasteiger partial charge in [0.25, 0.3) is 0 Å². The fourth-order valence-corrected chi connectivity index (χ4v) is 4.13. The maximum Gasteiger partial charge on any atom is 0.303 e. The molecule has 0 amide bonds. The summed E-state index contributed by atoms with van der Waals surface area (Å²) in [4.78, 5) is 11.1. The van der Waals surface area contributed by atoms with E-state index >= 15 is 0 Å². The third-order valence-corrected chi connectivity index (χ3v) is 4.92. The van der Waals surface area contributed by atoms with E-state index in [4.69, 9.17) is 5.11 Å². The quantitative estimate of drug-likeness (QED) is 0.858. The summed E-state index contributed by atoms with van der Waals surface area (Å²) in [6, 6.07) is 6.48. The summed E-state index contributed by atoms with van der Waals surface area (Å²) in [7, 11) is 0. The van der Waals surface area contributed by atoms with Gasteiger partial charge >= 0.3 is 5.97 Å². The molecule has 1 saturated heterocycles. The highest BCUT2D eigenvalue weighted by Crippen LogP contribution is 2.52. The molecule has 1 aliphatic carbocycles. The van der Waals surface area contributed by atoms with Gasteiger partial charge in [-0.2, -0.15) is 0 Å². The third-order valence-electron chi connectivity index (χ3n) is 4.92. The summed E-state index contributed by atoms with van der Waals surface area (Å²) in [5, 5.41) is 12.6. The van der Waals surface area contributed by atoms with E-state index in [1.54, 1.807) is 0 Å². The van der Waals surface area contributed by atoms with Crippen LogP contribution in [-0.2, 0) is 10.2 Å². The molecule has 1 heterocycles. The Labute approximate surface area is 114 Å². The molecule has 0 bridgehead atoms. The van der Waals surface area contributed by atoms with Gasteiger partial charge in [0.15, 0.2) is 0 Å². The molecule has 1 atom stereocenters. The molecule has 102 valence electrons. The molecule has 3 heteroatoms. The molecule has 0 saturated carbocycles. The highest BCUT2D eigenvalue weighted by Gasteiger charge is 2.45. The van der Waals surface area contributed by atoms with Crippen LogP contribution in [-0.4, -0.2) is 24.2 Å². The first kappa shape index (κ1) is 12.7. The highest BCUT2D eigenvalue weighted by molar-refractivity contribution is 5.69. The molecule has 19 heavy (non-hydrogen) atoms. The highest BCUT2D eigenvalue weighted by atomic mass is 16.4. The van der Waals surface area contributed by atoms with E-state index in [1.165, 1.54) is 16.7 Å². The van der Waals surface area contributed by atoms with Crippen LogP contribution in [0, 0.1) is 6.92 Å². The first-order chi connectivity index (χ1) is 9.12. The van der Waals surface area contributed by atoms with E-state index in [-0.39, 0.29) is 17.8 Å². The predicted octanol–water partition coefficient (Wildman–Crippen LogP) is 2.58. The molecule has 0 radical (unpaired) electrons. The minimum atomic E-state index is -0.676. The molecule has 3 nitrogen and oxygen atoms in total. The third kappa shape index (κ3) is 2.06. The van der Waals surface area contributed by atoms with Crippen LogP contribution in [0.25, 0.3) is 0 Å². The summed E-state index contributed by atoms with van der Waals surface area (Å²) in [5.74, 6) is -0.475. The summed E-state index contributed by atoms with van der Waals surface area (Å²) in [6.07, 6.45) is 3.56. The standard InChI is InChI=1S/C16H21NO2/c1-11-3-2-4-13-15(11)12(9-14(18)19)10-16(13)5-7-17-8-6-16/h2-4,12,17H,5-10H2,1H3,(H,18,19). The minimum absolute atomic E-state index is 0.201. The Bertz CT molecular complexity index is 503. The maximum atomic E-state index is 11.1. The van der Waals surface area contributed by atoms with Crippen LogP contribution < -0.4 is 5.32 Å². The van der Waals surface area contributed by atoms with Crippen molar-refractivity contribution in [2.24, 2.45) is 0 Å². The largest absolute Gasteiger partial charge is 0.481 e. The van der Waals surface area contributed by atoms with Gasteiger partial charge < -0.3 is 10.4 Å². The summed E-state index contributed by atoms with van der Waals surface area (Å²) in [5.41, 5.74) is 4.25. The Hall–Kier alpha value is -1.35. The van der Waals surface area contributed by atoms with Crippen molar-refractivity contribution in [3.8, 4) is 0 Å². The lowest BCUT2D eigenvalue weighted by atomic mass is 9.73. The summed E-state index contributed by atoms with van der Waals surface area (Å²) in [6.45, 7) is 4.22. The van der Waals surface area contributed by atoms with E-state index in [1.807, 2.05) is 0 Å². The molecule has 3 rings (SSSR count). The molecule has 2 N–H and O–H groups in total. The average molecular weight is 259 g/mol. The molecule has 1 spiro atoms. The molecule has 1 aromatic rings. The van der Waals surface area contributed by atoms with Crippen LogP contribution in [0.2, 0.25) is 0 Å². The Balaban J connectivity index is 2.04. The number of aliphatic carboxylic acids is 1. The average Bonchev–Trinajstić information content (AvgIpc) is 2.65. The Morgan fingerprint density at radius 1 is 1.42 bits per heavy atom. The van der Waals surface area contributed by atoms with Crippen LogP contribution in [0.4, 0.5) is 0 Å². The van der Waals surface area contributed by atoms with Gasteiger partial charge in [0.05, 0.1) is 6.42 Å². The van der Waals surface area contributed by atoms with E-state index in [0.29, 0.717) is 0 Å². The molecule has 1 unspecified atom stereocenters. The van der Waals surface area contributed by atoms with Gasteiger partial charge in [-0.25, -0.2) is 0 Å². The number of hydrogen-bond donors (Lipinski definition) is 2. The van der Waals surface area contributed by atoms with Gasteiger partial charge in [0, 0.05) is 0 Å². The van der Waals surface area contributed by atoms with Gasteiger partial charge in [0.1, 0.15) is 0 Å². The molecular formula is C16H21NO2. The van der Waals surface area contributed by atoms with Crippen LogP contribution in [0.1, 0.15) is 48.3 Å². The van der Waals surface area contributed by atoms with E-state index in [0.717, 1.165) is 32.4 Å². The zero-order valence-electron chi connectivity index (χ0n) is 11.4. The van der Waals surface area contributed by atoms with Crippen molar-refractivity contribution in [1.29, 1.82) is 0 Å². The van der Waals surface area contributed by atoms with Crippen LogP contribution >= 0.6 is 0 Å². The number of fused-ring (bicyclic) bond motifs is 2. The zero-order valence-corrected chi connectivity index (χ0v) is 11.4. The van der Waals surface area contributed by atoms with Gasteiger partial charge in [-0.15, -0.1) is 0 Å². The topological polar surface area (TPSA) is 49.3 Å². The number of carbonyl (C=O) groups is 1. The van der Waals surface area contributed by atoms with Crippen LogP contribution in [0.3, 0.4) is 0 Å². The molecule has 1 fully saturated rings. The predicted molar refractivity (Wildman–Crippen MR) is 74.6 cm³/mol. The Kier molecular flexibility index (Phi) is 3.09. The number of benzene rings is 1. The molecular weight excluding hydrogens is 238 g/mol. The van der Waals surface area contributed by atoms with Crippen LogP contribution in [0.5, 0.6) is 0 Å². The van der Waals surface area contributed by atoms with Crippen molar-refractivity contribution >= 4 is 5.97 Å². The SMILES string of the molecule is Cc1cccc2c1C(CC(=O)O)CC21CCNCC1. The van der Waals surface area contributed by atoms with Crippen molar-refractivity contribution in [1.82, 2.24) is 5.32 Å².